The molecule has 0 saturated heterocycles. The van der Waals surface area contributed by atoms with Crippen LogP contribution in [0.2, 0.25) is 0 Å². The minimum absolute atomic E-state index is 0.0874. The van der Waals surface area contributed by atoms with Crippen molar-refractivity contribution < 1.29 is 4.79 Å². The molecule has 90 valence electrons. The van der Waals surface area contributed by atoms with Crippen LogP contribution >= 0.6 is 0 Å². The molecule has 3 heteroatoms. The average Bonchev–Trinajstić information content (AvgIpc) is 2.24. The van der Waals surface area contributed by atoms with E-state index in [1.54, 1.807) is 4.90 Å². The number of unbranched alkanes of at least 4 members (excludes halogenated alkanes) is 1. The van der Waals surface area contributed by atoms with E-state index in [9.17, 15) is 4.79 Å². The zero-order valence-electron chi connectivity index (χ0n) is 10.6. The van der Waals surface area contributed by atoms with Crippen LogP contribution in [0.25, 0.3) is 0 Å². The predicted octanol–water partition coefficient (Wildman–Crippen LogP) is 2.15. The van der Waals surface area contributed by atoms with Crippen LogP contribution in [0.5, 0.6) is 0 Å². The van der Waals surface area contributed by atoms with Crippen LogP contribution in [0.1, 0.15) is 52.9 Å². The summed E-state index contributed by atoms with van der Waals surface area (Å²) >= 11 is 0. The van der Waals surface area contributed by atoms with E-state index < -0.39 is 0 Å². The molecule has 0 rings (SSSR count). The number of carbonyl (C=O) groups excluding carboxylic acids is 1. The van der Waals surface area contributed by atoms with Gasteiger partial charge in [0.15, 0.2) is 0 Å². The number of carbonyl (C=O) groups is 1. The summed E-state index contributed by atoms with van der Waals surface area (Å²) in [5.41, 5.74) is 5.85. The Morgan fingerprint density at radius 2 is 1.87 bits per heavy atom. The van der Waals surface area contributed by atoms with Crippen molar-refractivity contribution in [1.82, 2.24) is 4.90 Å². The maximum absolute atomic E-state index is 11.9. The SMILES string of the molecule is CCCC[C@H](N)C(=O)N(C)C(C)CCC. The summed E-state index contributed by atoms with van der Waals surface area (Å²) in [7, 11) is 1.86. The average molecular weight is 214 g/mol. The zero-order valence-corrected chi connectivity index (χ0v) is 10.6. The van der Waals surface area contributed by atoms with E-state index in [4.69, 9.17) is 5.73 Å². The van der Waals surface area contributed by atoms with Crippen LogP contribution in [-0.4, -0.2) is 29.9 Å². The van der Waals surface area contributed by atoms with Crippen LogP contribution in [-0.2, 0) is 4.79 Å². The van der Waals surface area contributed by atoms with Gasteiger partial charge < -0.3 is 10.6 Å². The highest BCUT2D eigenvalue weighted by atomic mass is 16.2. The van der Waals surface area contributed by atoms with Gasteiger partial charge in [-0.1, -0.05) is 33.1 Å². The molecular weight excluding hydrogens is 188 g/mol. The van der Waals surface area contributed by atoms with E-state index in [1.807, 2.05) is 7.05 Å². The molecule has 1 amide bonds. The van der Waals surface area contributed by atoms with Crippen LogP contribution in [0.4, 0.5) is 0 Å². The molecule has 0 aromatic rings. The highest BCUT2D eigenvalue weighted by molar-refractivity contribution is 5.81. The second-order valence-corrected chi connectivity index (χ2v) is 4.34. The number of hydrogen-bond acceptors (Lipinski definition) is 2. The van der Waals surface area contributed by atoms with E-state index >= 15 is 0 Å². The highest BCUT2D eigenvalue weighted by Crippen LogP contribution is 2.08. The summed E-state index contributed by atoms with van der Waals surface area (Å²) in [5, 5.41) is 0. The van der Waals surface area contributed by atoms with Crippen molar-refractivity contribution >= 4 is 5.91 Å². The topological polar surface area (TPSA) is 46.3 Å². The van der Waals surface area contributed by atoms with Crippen molar-refractivity contribution in [2.24, 2.45) is 5.73 Å². The molecule has 0 heterocycles. The van der Waals surface area contributed by atoms with E-state index in [0.29, 0.717) is 6.04 Å². The second kappa shape index (κ2) is 7.69. The van der Waals surface area contributed by atoms with Gasteiger partial charge in [0.05, 0.1) is 6.04 Å². The summed E-state index contributed by atoms with van der Waals surface area (Å²) in [4.78, 5) is 13.7. The molecule has 0 aliphatic carbocycles. The Hall–Kier alpha value is -0.570. The monoisotopic (exact) mass is 214 g/mol. The van der Waals surface area contributed by atoms with Gasteiger partial charge in [-0.25, -0.2) is 0 Å². The van der Waals surface area contributed by atoms with Gasteiger partial charge in [-0.05, 0) is 19.8 Å². The molecule has 0 saturated carbocycles. The lowest BCUT2D eigenvalue weighted by Gasteiger charge is -2.27. The van der Waals surface area contributed by atoms with Crippen molar-refractivity contribution in [3.8, 4) is 0 Å². The maximum Gasteiger partial charge on any atom is 0.239 e. The fourth-order valence-electron chi connectivity index (χ4n) is 1.64. The van der Waals surface area contributed by atoms with Crippen molar-refractivity contribution in [3.05, 3.63) is 0 Å². The standard InChI is InChI=1S/C12H26N2O/c1-5-7-9-11(13)12(15)14(4)10(3)8-6-2/h10-11H,5-9,13H2,1-4H3/t10?,11-/m0/s1. The third kappa shape index (κ3) is 5.17. The lowest BCUT2D eigenvalue weighted by molar-refractivity contribution is -0.133. The number of nitrogens with two attached hydrogens (primary N) is 1. The molecule has 0 spiro atoms. The molecule has 0 aliphatic heterocycles. The van der Waals surface area contributed by atoms with E-state index in [-0.39, 0.29) is 11.9 Å². The van der Waals surface area contributed by atoms with Crippen molar-refractivity contribution in [2.45, 2.75) is 65.0 Å². The Labute approximate surface area is 94.0 Å². The Morgan fingerprint density at radius 3 is 2.33 bits per heavy atom. The molecule has 0 bridgehead atoms. The molecule has 1 unspecified atom stereocenters. The summed E-state index contributed by atoms with van der Waals surface area (Å²) in [6, 6.07) is -0.00978. The molecule has 2 N–H and O–H groups in total. The predicted molar refractivity (Wildman–Crippen MR) is 64.6 cm³/mol. The first kappa shape index (κ1) is 14.4. The number of amides is 1. The molecule has 0 radical (unpaired) electrons. The first-order chi connectivity index (χ1) is 7.04. The smallest absolute Gasteiger partial charge is 0.239 e. The molecular formula is C12H26N2O. The number of likely N-dealkylation sites (N-methyl/N-ethyl adjacent to an activating group) is 1. The Morgan fingerprint density at radius 1 is 1.27 bits per heavy atom. The van der Waals surface area contributed by atoms with Crippen LogP contribution in [0, 0.1) is 0 Å². The number of hydrogen-bond donors (Lipinski definition) is 1. The lowest BCUT2D eigenvalue weighted by Crippen LogP contribution is -2.45. The minimum Gasteiger partial charge on any atom is -0.342 e. The van der Waals surface area contributed by atoms with Crippen molar-refractivity contribution in [2.75, 3.05) is 7.05 Å². The quantitative estimate of drug-likeness (QED) is 0.706. The van der Waals surface area contributed by atoms with E-state index in [1.165, 1.54) is 0 Å². The first-order valence-corrected chi connectivity index (χ1v) is 6.06. The Kier molecular flexibility index (Phi) is 7.39. The zero-order chi connectivity index (χ0) is 11.8. The first-order valence-electron chi connectivity index (χ1n) is 6.06. The van der Waals surface area contributed by atoms with Crippen LogP contribution < -0.4 is 5.73 Å². The van der Waals surface area contributed by atoms with Crippen molar-refractivity contribution in [3.63, 3.8) is 0 Å². The van der Waals surface area contributed by atoms with E-state index in [2.05, 4.69) is 20.8 Å². The maximum atomic E-state index is 11.9. The Balaban J connectivity index is 4.05. The highest BCUT2D eigenvalue weighted by Gasteiger charge is 2.20. The summed E-state index contributed by atoms with van der Waals surface area (Å²) in [6.07, 6.45) is 5.07. The van der Waals surface area contributed by atoms with Gasteiger partial charge >= 0.3 is 0 Å². The third-order valence-corrected chi connectivity index (χ3v) is 2.90. The van der Waals surface area contributed by atoms with Gasteiger partial charge in [-0.2, -0.15) is 0 Å². The fourth-order valence-corrected chi connectivity index (χ4v) is 1.64. The van der Waals surface area contributed by atoms with E-state index in [0.717, 1.165) is 32.1 Å². The molecule has 3 nitrogen and oxygen atoms in total. The molecule has 15 heavy (non-hydrogen) atoms. The van der Waals surface area contributed by atoms with Gasteiger partial charge in [0.25, 0.3) is 0 Å². The van der Waals surface area contributed by atoms with Crippen molar-refractivity contribution in [1.29, 1.82) is 0 Å². The number of rotatable bonds is 7. The van der Waals surface area contributed by atoms with Crippen LogP contribution in [0.15, 0.2) is 0 Å². The summed E-state index contributed by atoms with van der Waals surface area (Å²) in [6.45, 7) is 6.32. The largest absolute Gasteiger partial charge is 0.342 e. The van der Waals surface area contributed by atoms with Gasteiger partial charge in [0, 0.05) is 13.1 Å². The molecule has 0 aromatic carbocycles. The lowest BCUT2D eigenvalue weighted by atomic mass is 10.1. The van der Waals surface area contributed by atoms with Gasteiger partial charge in [-0.3, -0.25) is 4.79 Å². The number of nitrogens with zero attached hydrogens (tertiary/aromatic N) is 1. The van der Waals surface area contributed by atoms with Gasteiger partial charge in [0.2, 0.25) is 5.91 Å². The molecule has 2 atom stereocenters. The molecule has 0 aliphatic rings. The van der Waals surface area contributed by atoms with Gasteiger partial charge in [-0.15, -0.1) is 0 Å². The normalized spacial score (nSPS) is 14.7. The Bertz CT molecular complexity index is 182. The minimum atomic E-state index is -0.311. The summed E-state index contributed by atoms with van der Waals surface area (Å²) < 4.78 is 0. The van der Waals surface area contributed by atoms with Gasteiger partial charge in [0.1, 0.15) is 0 Å². The fraction of sp³-hybridized carbons (Fsp3) is 0.917. The third-order valence-electron chi connectivity index (χ3n) is 2.90. The molecule has 0 fully saturated rings. The second-order valence-electron chi connectivity index (χ2n) is 4.34. The van der Waals surface area contributed by atoms with Crippen LogP contribution in [0.3, 0.4) is 0 Å². The molecule has 0 aromatic heterocycles. The summed E-state index contributed by atoms with van der Waals surface area (Å²) in [5.74, 6) is 0.0874.